The lowest BCUT2D eigenvalue weighted by Crippen LogP contribution is -2.55. The van der Waals surface area contributed by atoms with Crippen LogP contribution in [0.2, 0.25) is 0 Å². The first-order valence-corrected chi connectivity index (χ1v) is 8.17. The number of esters is 1. The van der Waals surface area contributed by atoms with Crippen LogP contribution in [0, 0.1) is 0 Å². The lowest BCUT2D eigenvalue weighted by molar-refractivity contribution is -0.143. The highest BCUT2D eigenvalue weighted by Gasteiger charge is 2.30. The molecule has 0 aliphatic rings. The summed E-state index contributed by atoms with van der Waals surface area (Å²) in [5.41, 5.74) is 0.115. The summed E-state index contributed by atoms with van der Waals surface area (Å²) in [7, 11) is 1.19. The Morgan fingerprint density at radius 2 is 1.65 bits per heavy atom. The molecule has 0 spiro atoms. The summed E-state index contributed by atoms with van der Waals surface area (Å²) in [6, 6.07) is 7.19. The van der Waals surface area contributed by atoms with Gasteiger partial charge in [0.25, 0.3) is 0 Å². The van der Waals surface area contributed by atoms with Gasteiger partial charge in [0.1, 0.15) is 18.2 Å². The van der Waals surface area contributed by atoms with Gasteiger partial charge in [-0.1, -0.05) is 30.3 Å². The Labute approximate surface area is 153 Å². The van der Waals surface area contributed by atoms with Crippen LogP contribution >= 0.6 is 0 Å². The fourth-order valence-corrected chi connectivity index (χ4v) is 1.98. The van der Waals surface area contributed by atoms with E-state index in [1.165, 1.54) is 7.11 Å². The molecule has 1 unspecified atom stereocenters. The van der Waals surface area contributed by atoms with Crippen molar-refractivity contribution < 1.29 is 28.6 Å². The second-order valence-electron chi connectivity index (χ2n) is 6.64. The minimum absolute atomic E-state index is 0.0500. The zero-order chi connectivity index (χ0) is 19.7. The van der Waals surface area contributed by atoms with Crippen LogP contribution in [0.1, 0.15) is 33.3 Å². The van der Waals surface area contributed by atoms with Gasteiger partial charge in [0.15, 0.2) is 0 Å². The molecule has 0 aliphatic carbocycles. The zero-order valence-corrected chi connectivity index (χ0v) is 15.7. The molecular formula is C18H26N2O6. The summed E-state index contributed by atoms with van der Waals surface area (Å²) in [6.45, 7) is 6.74. The van der Waals surface area contributed by atoms with Crippen molar-refractivity contribution in [2.45, 2.75) is 52.0 Å². The molecule has 0 radical (unpaired) electrons. The number of alkyl carbamates (subject to hydrolysis) is 2. The van der Waals surface area contributed by atoms with E-state index in [2.05, 4.69) is 15.4 Å². The number of nitrogens with one attached hydrogen (secondary N) is 2. The average molecular weight is 366 g/mol. The number of hydrogen-bond donors (Lipinski definition) is 2. The van der Waals surface area contributed by atoms with Crippen molar-refractivity contribution in [1.82, 2.24) is 10.6 Å². The van der Waals surface area contributed by atoms with Crippen LogP contribution in [0.25, 0.3) is 0 Å². The van der Waals surface area contributed by atoms with Crippen molar-refractivity contribution in [3.63, 3.8) is 0 Å². The van der Waals surface area contributed by atoms with Crippen molar-refractivity contribution in [2.75, 3.05) is 7.11 Å². The summed E-state index contributed by atoms with van der Waals surface area (Å²) >= 11 is 0. The molecule has 0 saturated carbocycles. The molecular weight excluding hydrogens is 340 g/mol. The van der Waals surface area contributed by atoms with Gasteiger partial charge >= 0.3 is 18.2 Å². The van der Waals surface area contributed by atoms with Crippen molar-refractivity contribution >= 4 is 18.2 Å². The number of amides is 2. The molecule has 144 valence electrons. The predicted molar refractivity (Wildman–Crippen MR) is 94.4 cm³/mol. The van der Waals surface area contributed by atoms with Gasteiger partial charge in [-0.05, 0) is 33.3 Å². The normalized spacial score (nSPS) is 13.1. The fraction of sp³-hybridized carbons (Fsp3) is 0.500. The van der Waals surface area contributed by atoms with Crippen molar-refractivity contribution in [2.24, 2.45) is 0 Å². The first-order valence-electron chi connectivity index (χ1n) is 8.17. The summed E-state index contributed by atoms with van der Waals surface area (Å²) in [5, 5.41) is 4.90. The standard InChI is InChI=1S/C18H26N2O6/c1-12(19-17(23)26-18(2,3)4)14(15(21)24-5)20-16(22)25-11-13-9-7-6-8-10-13/h6-10,12,14H,11H2,1-5H3,(H,19,23)(H,20,22)/t12?,14-/m0/s1. The Balaban J connectivity index is 2.63. The van der Waals surface area contributed by atoms with Crippen LogP contribution in [0.15, 0.2) is 30.3 Å². The monoisotopic (exact) mass is 366 g/mol. The Kier molecular flexibility index (Phi) is 7.89. The van der Waals surface area contributed by atoms with E-state index in [-0.39, 0.29) is 6.61 Å². The maximum Gasteiger partial charge on any atom is 0.408 e. The number of hydrogen-bond acceptors (Lipinski definition) is 6. The summed E-state index contributed by atoms with van der Waals surface area (Å²) < 4.78 is 14.9. The molecule has 8 nitrogen and oxygen atoms in total. The van der Waals surface area contributed by atoms with Crippen LogP contribution in [0.3, 0.4) is 0 Å². The molecule has 26 heavy (non-hydrogen) atoms. The van der Waals surface area contributed by atoms with Gasteiger partial charge in [-0.25, -0.2) is 14.4 Å². The lowest BCUT2D eigenvalue weighted by atomic mass is 10.1. The lowest BCUT2D eigenvalue weighted by Gasteiger charge is -2.26. The first-order chi connectivity index (χ1) is 12.1. The Morgan fingerprint density at radius 1 is 1.04 bits per heavy atom. The molecule has 1 aromatic carbocycles. The molecule has 0 heterocycles. The highest BCUT2D eigenvalue weighted by molar-refractivity contribution is 5.83. The molecule has 0 saturated heterocycles. The molecule has 1 aromatic rings. The molecule has 0 fully saturated rings. The minimum atomic E-state index is -1.13. The van der Waals surface area contributed by atoms with Crippen molar-refractivity contribution in [1.29, 1.82) is 0 Å². The SMILES string of the molecule is COC(=O)[C@@H](NC(=O)OCc1ccccc1)C(C)NC(=O)OC(C)(C)C. The number of ether oxygens (including phenoxy) is 3. The molecule has 1 rings (SSSR count). The minimum Gasteiger partial charge on any atom is -0.467 e. The number of carbonyl (C=O) groups excluding carboxylic acids is 3. The van der Waals surface area contributed by atoms with E-state index < -0.39 is 35.8 Å². The molecule has 0 bridgehead atoms. The van der Waals surface area contributed by atoms with Crippen LogP contribution in [0.4, 0.5) is 9.59 Å². The van der Waals surface area contributed by atoms with Gasteiger partial charge in [-0.15, -0.1) is 0 Å². The number of benzene rings is 1. The van der Waals surface area contributed by atoms with E-state index in [9.17, 15) is 14.4 Å². The van der Waals surface area contributed by atoms with E-state index >= 15 is 0 Å². The van der Waals surface area contributed by atoms with E-state index in [1.54, 1.807) is 39.8 Å². The highest BCUT2D eigenvalue weighted by atomic mass is 16.6. The van der Waals surface area contributed by atoms with E-state index in [4.69, 9.17) is 9.47 Å². The van der Waals surface area contributed by atoms with Gasteiger partial charge in [0, 0.05) is 0 Å². The topological polar surface area (TPSA) is 103 Å². The molecule has 0 aliphatic heterocycles. The van der Waals surface area contributed by atoms with Crippen LogP contribution in [-0.4, -0.2) is 43.0 Å². The smallest absolute Gasteiger partial charge is 0.408 e. The van der Waals surface area contributed by atoms with Gasteiger partial charge in [0.2, 0.25) is 0 Å². The third-order valence-corrected chi connectivity index (χ3v) is 3.19. The first kappa shape index (κ1) is 21.3. The summed E-state index contributed by atoms with van der Waals surface area (Å²) in [4.78, 5) is 35.8. The Morgan fingerprint density at radius 3 is 2.19 bits per heavy atom. The van der Waals surface area contributed by atoms with E-state index in [0.717, 1.165) is 5.56 Å². The van der Waals surface area contributed by atoms with Gasteiger partial charge in [0.05, 0.1) is 13.2 Å². The molecule has 8 heteroatoms. The predicted octanol–water partition coefficient (Wildman–Crippen LogP) is 2.37. The van der Waals surface area contributed by atoms with Crippen LogP contribution < -0.4 is 10.6 Å². The third kappa shape index (κ3) is 7.87. The van der Waals surface area contributed by atoms with E-state index in [0.29, 0.717) is 0 Å². The quantitative estimate of drug-likeness (QED) is 0.592. The molecule has 2 atom stereocenters. The van der Waals surface area contributed by atoms with E-state index in [1.807, 2.05) is 18.2 Å². The van der Waals surface area contributed by atoms with Gasteiger partial charge < -0.3 is 24.8 Å². The van der Waals surface area contributed by atoms with Crippen LogP contribution in [-0.2, 0) is 25.6 Å². The second kappa shape index (κ2) is 9.65. The fourth-order valence-electron chi connectivity index (χ4n) is 1.98. The average Bonchev–Trinajstić information content (AvgIpc) is 2.56. The van der Waals surface area contributed by atoms with Crippen LogP contribution in [0.5, 0.6) is 0 Å². The maximum absolute atomic E-state index is 12.0. The largest absolute Gasteiger partial charge is 0.467 e. The highest BCUT2D eigenvalue weighted by Crippen LogP contribution is 2.08. The Hall–Kier alpha value is -2.77. The van der Waals surface area contributed by atoms with Gasteiger partial charge in [-0.2, -0.15) is 0 Å². The zero-order valence-electron chi connectivity index (χ0n) is 15.7. The summed E-state index contributed by atoms with van der Waals surface area (Å²) in [6.07, 6.45) is -1.51. The Bertz CT molecular complexity index is 612. The molecule has 2 N–H and O–H groups in total. The molecule has 2 amide bonds. The van der Waals surface area contributed by atoms with Crippen molar-refractivity contribution in [3.8, 4) is 0 Å². The maximum atomic E-state index is 12.0. The summed E-state index contributed by atoms with van der Waals surface area (Å²) in [5.74, 6) is -0.717. The third-order valence-electron chi connectivity index (χ3n) is 3.19. The molecule has 0 aromatic heterocycles. The van der Waals surface area contributed by atoms with Crippen molar-refractivity contribution in [3.05, 3.63) is 35.9 Å². The number of carbonyl (C=O) groups is 3. The second-order valence-corrected chi connectivity index (χ2v) is 6.64. The van der Waals surface area contributed by atoms with Gasteiger partial charge in [-0.3, -0.25) is 0 Å². The number of rotatable bonds is 6. The number of methoxy groups -OCH3 is 1.